The Labute approximate surface area is 190 Å². The summed E-state index contributed by atoms with van der Waals surface area (Å²) in [5.74, 6) is 2.94. The Kier molecular flexibility index (Phi) is 10.4. The van der Waals surface area contributed by atoms with E-state index in [1.165, 1.54) is 12.8 Å². The molecule has 1 aliphatic rings. The molecule has 3 rings (SSSR count). The Morgan fingerprint density at radius 2 is 2.17 bits per heavy atom. The minimum atomic E-state index is 0. The van der Waals surface area contributed by atoms with E-state index in [1.807, 2.05) is 12.1 Å². The van der Waals surface area contributed by atoms with Crippen molar-refractivity contribution in [1.82, 2.24) is 20.8 Å². The van der Waals surface area contributed by atoms with E-state index in [2.05, 4.69) is 44.8 Å². The van der Waals surface area contributed by atoms with Gasteiger partial charge in [-0.25, -0.2) is 0 Å². The maximum atomic E-state index is 5.65. The van der Waals surface area contributed by atoms with Crippen molar-refractivity contribution in [2.75, 3.05) is 26.8 Å². The first-order valence-corrected chi connectivity index (χ1v) is 10.2. The summed E-state index contributed by atoms with van der Waals surface area (Å²) in [7, 11) is 1.78. The first kappa shape index (κ1) is 23.6. The van der Waals surface area contributed by atoms with Gasteiger partial charge in [0.1, 0.15) is 0 Å². The standard InChI is InChI=1S/C21H31N5O2.HI/c1-3-6-19-25-20(28-26-19)18-8-4-7-17(13-18)14-24-21(22-2)23-11-5-12-27-15-16-9-10-16;/h4,7-8,13,16H,3,5-6,9-12,14-15H2,1-2H3,(H2,22,23,24);1H. The number of aryl methyl sites for hydroxylation is 1. The number of halogens is 1. The van der Waals surface area contributed by atoms with Crippen molar-refractivity contribution in [1.29, 1.82) is 0 Å². The molecule has 2 N–H and O–H groups in total. The number of ether oxygens (including phenoxy) is 1. The minimum absolute atomic E-state index is 0. The number of nitrogens with zero attached hydrogens (tertiary/aromatic N) is 3. The zero-order chi connectivity index (χ0) is 19.6. The fourth-order valence-electron chi connectivity index (χ4n) is 2.83. The van der Waals surface area contributed by atoms with E-state index in [1.54, 1.807) is 7.05 Å². The molecule has 0 unspecified atom stereocenters. The van der Waals surface area contributed by atoms with Crippen LogP contribution >= 0.6 is 24.0 Å². The van der Waals surface area contributed by atoms with Crippen LogP contribution in [0.25, 0.3) is 11.5 Å². The van der Waals surface area contributed by atoms with E-state index in [4.69, 9.17) is 9.26 Å². The Morgan fingerprint density at radius 1 is 1.31 bits per heavy atom. The molecule has 1 aromatic heterocycles. The van der Waals surface area contributed by atoms with Crippen molar-refractivity contribution < 1.29 is 9.26 Å². The van der Waals surface area contributed by atoms with E-state index in [0.29, 0.717) is 12.4 Å². The third kappa shape index (κ3) is 8.30. The SMILES string of the molecule is CCCc1noc(-c2cccc(CNC(=NC)NCCCOCC3CC3)c2)n1.I. The molecule has 0 aliphatic heterocycles. The predicted octanol–water partition coefficient (Wildman–Crippen LogP) is 3.79. The summed E-state index contributed by atoms with van der Waals surface area (Å²) < 4.78 is 11.0. The number of hydrogen-bond donors (Lipinski definition) is 2. The van der Waals surface area contributed by atoms with Crippen molar-refractivity contribution in [3.63, 3.8) is 0 Å². The average molecular weight is 513 g/mol. The third-order valence-electron chi connectivity index (χ3n) is 4.61. The van der Waals surface area contributed by atoms with E-state index < -0.39 is 0 Å². The first-order chi connectivity index (χ1) is 13.8. The Bertz CT molecular complexity index is 761. The second-order valence-corrected chi connectivity index (χ2v) is 7.19. The van der Waals surface area contributed by atoms with Crippen LogP contribution in [-0.4, -0.2) is 42.9 Å². The molecule has 160 valence electrons. The topological polar surface area (TPSA) is 84.6 Å². The van der Waals surface area contributed by atoms with Crippen LogP contribution in [0.4, 0.5) is 0 Å². The van der Waals surface area contributed by atoms with Crippen molar-refractivity contribution in [3.8, 4) is 11.5 Å². The molecule has 0 saturated heterocycles. The molecule has 8 heteroatoms. The lowest BCUT2D eigenvalue weighted by Gasteiger charge is -2.12. The number of rotatable bonds is 11. The molecular formula is C21H32IN5O2. The van der Waals surface area contributed by atoms with E-state index in [9.17, 15) is 0 Å². The lowest BCUT2D eigenvalue weighted by molar-refractivity contribution is 0.123. The first-order valence-electron chi connectivity index (χ1n) is 10.2. The van der Waals surface area contributed by atoms with Gasteiger partial charge >= 0.3 is 0 Å². The highest BCUT2D eigenvalue weighted by atomic mass is 127. The Hall–Kier alpha value is -1.68. The van der Waals surface area contributed by atoms with Crippen LogP contribution in [0.15, 0.2) is 33.8 Å². The van der Waals surface area contributed by atoms with Gasteiger partial charge in [0.25, 0.3) is 5.89 Å². The second-order valence-electron chi connectivity index (χ2n) is 7.19. The highest BCUT2D eigenvalue weighted by Crippen LogP contribution is 2.28. The van der Waals surface area contributed by atoms with Gasteiger partial charge in [-0.3, -0.25) is 4.99 Å². The van der Waals surface area contributed by atoms with Gasteiger partial charge in [0.15, 0.2) is 11.8 Å². The van der Waals surface area contributed by atoms with Crippen LogP contribution in [0.1, 0.15) is 44.0 Å². The highest BCUT2D eigenvalue weighted by molar-refractivity contribution is 14.0. The average Bonchev–Trinajstić information content (AvgIpc) is 3.43. The number of aromatic nitrogens is 2. The van der Waals surface area contributed by atoms with Gasteiger partial charge in [0.2, 0.25) is 0 Å². The summed E-state index contributed by atoms with van der Waals surface area (Å²) in [6, 6.07) is 8.12. The molecule has 0 radical (unpaired) electrons. The van der Waals surface area contributed by atoms with E-state index in [-0.39, 0.29) is 24.0 Å². The van der Waals surface area contributed by atoms with Crippen molar-refractivity contribution in [3.05, 3.63) is 35.7 Å². The quantitative estimate of drug-likeness (QED) is 0.206. The summed E-state index contributed by atoms with van der Waals surface area (Å²) >= 11 is 0. The molecule has 1 fully saturated rings. The van der Waals surface area contributed by atoms with Gasteiger partial charge in [-0.2, -0.15) is 4.98 Å². The molecule has 1 aliphatic carbocycles. The highest BCUT2D eigenvalue weighted by Gasteiger charge is 2.20. The largest absolute Gasteiger partial charge is 0.381 e. The molecular weight excluding hydrogens is 481 g/mol. The summed E-state index contributed by atoms with van der Waals surface area (Å²) in [6.07, 6.45) is 5.48. The van der Waals surface area contributed by atoms with E-state index >= 15 is 0 Å². The monoisotopic (exact) mass is 513 g/mol. The molecule has 0 atom stereocenters. The molecule has 0 spiro atoms. The Balaban J connectivity index is 0.00000300. The third-order valence-corrected chi connectivity index (χ3v) is 4.61. The van der Waals surface area contributed by atoms with Crippen molar-refractivity contribution in [2.45, 2.75) is 45.6 Å². The molecule has 2 aromatic rings. The lowest BCUT2D eigenvalue weighted by Crippen LogP contribution is -2.37. The summed E-state index contributed by atoms with van der Waals surface area (Å²) in [6.45, 7) is 5.33. The van der Waals surface area contributed by atoms with Crippen LogP contribution in [0.5, 0.6) is 0 Å². The predicted molar refractivity (Wildman–Crippen MR) is 126 cm³/mol. The van der Waals surface area contributed by atoms with Gasteiger partial charge < -0.3 is 19.9 Å². The molecule has 1 saturated carbocycles. The number of nitrogens with one attached hydrogen (secondary N) is 2. The maximum Gasteiger partial charge on any atom is 0.257 e. The van der Waals surface area contributed by atoms with Crippen LogP contribution in [-0.2, 0) is 17.7 Å². The van der Waals surface area contributed by atoms with Crippen molar-refractivity contribution in [2.24, 2.45) is 10.9 Å². The molecule has 1 heterocycles. The van der Waals surface area contributed by atoms with Crippen LogP contribution in [0, 0.1) is 5.92 Å². The van der Waals surface area contributed by atoms with Gasteiger partial charge in [-0.05, 0) is 49.3 Å². The fraction of sp³-hybridized carbons (Fsp3) is 0.571. The zero-order valence-corrected chi connectivity index (χ0v) is 19.6. The Morgan fingerprint density at radius 3 is 2.93 bits per heavy atom. The summed E-state index contributed by atoms with van der Waals surface area (Å²) in [5, 5.41) is 10.7. The number of guanidine groups is 1. The van der Waals surface area contributed by atoms with Gasteiger partial charge in [-0.15, -0.1) is 24.0 Å². The molecule has 1 aromatic carbocycles. The molecule has 0 amide bonds. The van der Waals surface area contributed by atoms with Crippen LogP contribution in [0.3, 0.4) is 0 Å². The smallest absolute Gasteiger partial charge is 0.257 e. The zero-order valence-electron chi connectivity index (χ0n) is 17.3. The van der Waals surface area contributed by atoms with Crippen LogP contribution in [0.2, 0.25) is 0 Å². The molecule has 7 nitrogen and oxygen atoms in total. The summed E-state index contributed by atoms with van der Waals surface area (Å²) in [5.41, 5.74) is 2.06. The second kappa shape index (κ2) is 12.8. The van der Waals surface area contributed by atoms with E-state index in [0.717, 1.165) is 67.8 Å². The number of hydrogen-bond acceptors (Lipinski definition) is 5. The van der Waals surface area contributed by atoms with Gasteiger partial charge in [0.05, 0.1) is 0 Å². The lowest BCUT2D eigenvalue weighted by atomic mass is 10.1. The minimum Gasteiger partial charge on any atom is -0.381 e. The van der Waals surface area contributed by atoms with Crippen molar-refractivity contribution >= 4 is 29.9 Å². The van der Waals surface area contributed by atoms with Crippen LogP contribution < -0.4 is 10.6 Å². The number of aliphatic imine (C=N–C) groups is 1. The normalized spacial score (nSPS) is 13.8. The fourth-order valence-corrected chi connectivity index (χ4v) is 2.83. The number of benzene rings is 1. The molecule has 29 heavy (non-hydrogen) atoms. The maximum absolute atomic E-state index is 5.65. The van der Waals surface area contributed by atoms with Gasteiger partial charge in [0, 0.05) is 45.3 Å². The molecule has 0 bridgehead atoms. The summed E-state index contributed by atoms with van der Waals surface area (Å²) in [4.78, 5) is 8.73. The van der Waals surface area contributed by atoms with Gasteiger partial charge in [-0.1, -0.05) is 24.2 Å².